The van der Waals surface area contributed by atoms with Crippen LogP contribution in [-0.2, 0) is 14.8 Å². The molecule has 0 aliphatic rings. The highest BCUT2D eigenvalue weighted by Crippen LogP contribution is 2.18. The van der Waals surface area contributed by atoms with Gasteiger partial charge in [-0.2, -0.15) is 0 Å². The Balaban J connectivity index is 1.87. The Bertz CT molecular complexity index is 905. The average Bonchev–Trinajstić information content (AvgIpc) is 2.66. The van der Waals surface area contributed by atoms with E-state index in [-0.39, 0.29) is 23.8 Å². The number of amides is 1. The lowest BCUT2D eigenvalue weighted by atomic mass is 10.1. The molecule has 2 aromatic rings. The minimum atomic E-state index is -3.62. The third-order valence-electron chi connectivity index (χ3n) is 4.71. The van der Waals surface area contributed by atoms with Crippen molar-refractivity contribution in [2.45, 2.75) is 39.0 Å². The molecule has 0 saturated carbocycles. The van der Waals surface area contributed by atoms with Gasteiger partial charge >= 0.3 is 0 Å². The van der Waals surface area contributed by atoms with Crippen molar-refractivity contribution in [3.8, 4) is 0 Å². The largest absolute Gasteiger partial charge is 0.372 e. The molecular weight excluding hydrogens is 374 g/mol. The summed E-state index contributed by atoms with van der Waals surface area (Å²) in [7, 11) is -3.62. The molecule has 0 aromatic heterocycles. The van der Waals surface area contributed by atoms with Crippen LogP contribution < -0.4 is 14.9 Å². The van der Waals surface area contributed by atoms with E-state index in [1.807, 2.05) is 38.1 Å². The third kappa shape index (κ3) is 5.81. The van der Waals surface area contributed by atoms with E-state index < -0.39 is 10.0 Å². The van der Waals surface area contributed by atoms with E-state index in [1.165, 1.54) is 0 Å². The van der Waals surface area contributed by atoms with Gasteiger partial charge in [-0.15, -0.1) is 0 Å². The topological polar surface area (TPSA) is 78.5 Å². The fourth-order valence-electron chi connectivity index (χ4n) is 2.83. The molecule has 2 N–H and O–H groups in total. The van der Waals surface area contributed by atoms with Crippen LogP contribution in [0.2, 0.25) is 0 Å². The Morgan fingerprint density at radius 1 is 0.964 bits per heavy atom. The van der Waals surface area contributed by atoms with Gasteiger partial charge in [0, 0.05) is 37.4 Å². The molecule has 28 heavy (non-hydrogen) atoms. The van der Waals surface area contributed by atoms with E-state index in [9.17, 15) is 13.2 Å². The van der Waals surface area contributed by atoms with Crippen LogP contribution in [-0.4, -0.2) is 34.0 Å². The summed E-state index contributed by atoms with van der Waals surface area (Å²) in [6, 6.07) is 12.6. The second kappa shape index (κ2) is 9.71. The summed E-state index contributed by atoms with van der Waals surface area (Å²) in [5.41, 5.74) is 3.74. The quantitative estimate of drug-likeness (QED) is 0.672. The number of carbonyl (C=O) groups is 1. The fourth-order valence-corrected chi connectivity index (χ4v) is 3.95. The number of rotatable bonds is 9. The number of nitrogens with one attached hydrogen (secondary N) is 2. The third-order valence-corrected chi connectivity index (χ3v) is 6.17. The number of benzene rings is 2. The number of hydrogen-bond acceptors (Lipinski definition) is 4. The van der Waals surface area contributed by atoms with E-state index >= 15 is 0 Å². The van der Waals surface area contributed by atoms with Crippen molar-refractivity contribution in [3.63, 3.8) is 0 Å². The SMILES string of the molecule is CCN(CC)c1ccc(NC(=O)CCNS(=O)(=O)c2ccc(C)c(C)c2)cc1. The highest BCUT2D eigenvalue weighted by molar-refractivity contribution is 7.89. The molecule has 1 amide bonds. The second-order valence-corrected chi connectivity index (χ2v) is 8.43. The smallest absolute Gasteiger partial charge is 0.240 e. The predicted octanol–water partition coefficient (Wildman–Crippen LogP) is 3.46. The number of anilines is 2. The Kier molecular flexibility index (Phi) is 7.60. The molecule has 0 spiro atoms. The molecule has 0 atom stereocenters. The van der Waals surface area contributed by atoms with Gasteiger partial charge in [0.05, 0.1) is 4.90 Å². The molecule has 2 rings (SSSR count). The molecule has 0 aliphatic heterocycles. The van der Waals surface area contributed by atoms with Crippen molar-refractivity contribution < 1.29 is 13.2 Å². The zero-order valence-electron chi connectivity index (χ0n) is 17.0. The number of aryl methyl sites for hydroxylation is 2. The summed E-state index contributed by atoms with van der Waals surface area (Å²) in [4.78, 5) is 14.5. The van der Waals surface area contributed by atoms with Gasteiger partial charge in [0.2, 0.25) is 15.9 Å². The maximum atomic E-state index is 12.3. The molecule has 0 fully saturated rings. The number of hydrogen-bond donors (Lipinski definition) is 2. The first kappa shape index (κ1) is 21.9. The van der Waals surface area contributed by atoms with Gasteiger partial charge in [-0.05, 0) is 75.2 Å². The van der Waals surface area contributed by atoms with Crippen LogP contribution >= 0.6 is 0 Å². The molecule has 0 heterocycles. The highest BCUT2D eigenvalue weighted by atomic mass is 32.2. The normalized spacial score (nSPS) is 11.3. The maximum absolute atomic E-state index is 12.3. The Labute approximate surface area is 168 Å². The van der Waals surface area contributed by atoms with Crippen LogP contribution in [0.1, 0.15) is 31.4 Å². The van der Waals surface area contributed by atoms with Gasteiger partial charge in [-0.25, -0.2) is 13.1 Å². The standard InChI is InChI=1S/C21H29N3O3S/c1-5-24(6-2)19-10-8-18(9-11-19)23-21(25)13-14-22-28(26,27)20-12-7-16(3)17(4)15-20/h7-12,15,22H,5-6,13-14H2,1-4H3,(H,23,25). The lowest BCUT2D eigenvalue weighted by Gasteiger charge is -2.21. The molecule has 0 aliphatic carbocycles. The van der Waals surface area contributed by atoms with E-state index in [0.29, 0.717) is 5.69 Å². The van der Waals surface area contributed by atoms with Crippen molar-refractivity contribution in [2.75, 3.05) is 29.9 Å². The molecule has 0 saturated heterocycles. The summed E-state index contributed by atoms with van der Waals surface area (Å²) in [5.74, 6) is -0.238. The summed E-state index contributed by atoms with van der Waals surface area (Å²) >= 11 is 0. The number of carbonyl (C=O) groups excluding carboxylic acids is 1. The Hall–Kier alpha value is -2.38. The summed E-state index contributed by atoms with van der Waals surface area (Å²) < 4.78 is 27.2. The van der Waals surface area contributed by atoms with Crippen LogP contribution in [0.15, 0.2) is 47.4 Å². The summed E-state index contributed by atoms with van der Waals surface area (Å²) in [5, 5.41) is 2.79. The van der Waals surface area contributed by atoms with E-state index in [1.54, 1.807) is 18.2 Å². The molecule has 7 heteroatoms. The summed E-state index contributed by atoms with van der Waals surface area (Å²) in [6.07, 6.45) is 0.0574. The zero-order chi connectivity index (χ0) is 20.7. The van der Waals surface area contributed by atoms with Crippen LogP contribution in [0.4, 0.5) is 11.4 Å². The minimum Gasteiger partial charge on any atom is -0.372 e. The van der Waals surface area contributed by atoms with Crippen LogP contribution in [0.25, 0.3) is 0 Å². The minimum absolute atomic E-state index is 0.0403. The van der Waals surface area contributed by atoms with Gasteiger partial charge in [0.25, 0.3) is 0 Å². The van der Waals surface area contributed by atoms with Gasteiger partial charge in [0.15, 0.2) is 0 Å². The molecule has 0 bridgehead atoms. The first-order valence-electron chi connectivity index (χ1n) is 9.48. The molecular formula is C21H29N3O3S. The highest BCUT2D eigenvalue weighted by Gasteiger charge is 2.15. The lowest BCUT2D eigenvalue weighted by molar-refractivity contribution is -0.116. The molecule has 2 aromatic carbocycles. The Morgan fingerprint density at radius 3 is 2.18 bits per heavy atom. The zero-order valence-corrected chi connectivity index (χ0v) is 17.8. The van der Waals surface area contributed by atoms with Gasteiger partial charge in [-0.1, -0.05) is 6.07 Å². The van der Waals surface area contributed by atoms with Gasteiger partial charge < -0.3 is 10.2 Å². The summed E-state index contributed by atoms with van der Waals surface area (Å²) in [6.45, 7) is 9.87. The number of nitrogens with zero attached hydrogens (tertiary/aromatic N) is 1. The first-order valence-corrected chi connectivity index (χ1v) is 11.0. The average molecular weight is 404 g/mol. The maximum Gasteiger partial charge on any atom is 0.240 e. The van der Waals surface area contributed by atoms with Crippen molar-refractivity contribution in [3.05, 3.63) is 53.6 Å². The lowest BCUT2D eigenvalue weighted by Crippen LogP contribution is -2.28. The van der Waals surface area contributed by atoms with Crippen molar-refractivity contribution in [1.82, 2.24) is 4.72 Å². The molecule has 152 valence electrons. The van der Waals surface area contributed by atoms with E-state index in [0.717, 1.165) is 29.9 Å². The van der Waals surface area contributed by atoms with Crippen molar-refractivity contribution in [2.24, 2.45) is 0 Å². The van der Waals surface area contributed by atoms with E-state index in [4.69, 9.17) is 0 Å². The van der Waals surface area contributed by atoms with Crippen LogP contribution in [0, 0.1) is 13.8 Å². The molecule has 0 radical (unpaired) electrons. The first-order chi connectivity index (χ1) is 13.3. The number of sulfonamides is 1. The monoisotopic (exact) mass is 403 g/mol. The van der Waals surface area contributed by atoms with Crippen LogP contribution in [0.5, 0.6) is 0 Å². The van der Waals surface area contributed by atoms with Crippen molar-refractivity contribution >= 4 is 27.3 Å². The second-order valence-electron chi connectivity index (χ2n) is 6.66. The van der Waals surface area contributed by atoms with Gasteiger partial charge in [-0.3, -0.25) is 4.79 Å². The molecule has 0 unspecified atom stereocenters. The van der Waals surface area contributed by atoms with E-state index in [2.05, 4.69) is 28.8 Å². The Morgan fingerprint density at radius 2 is 1.61 bits per heavy atom. The van der Waals surface area contributed by atoms with Crippen molar-refractivity contribution in [1.29, 1.82) is 0 Å². The van der Waals surface area contributed by atoms with Crippen LogP contribution in [0.3, 0.4) is 0 Å². The van der Waals surface area contributed by atoms with Gasteiger partial charge in [0.1, 0.15) is 0 Å². The fraction of sp³-hybridized carbons (Fsp3) is 0.381. The molecule has 6 nitrogen and oxygen atoms in total. The predicted molar refractivity (Wildman–Crippen MR) is 114 cm³/mol.